The van der Waals surface area contributed by atoms with Crippen LogP contribution in [0.2, 0.25) is 0 Å². The molecule has 2 heteroatoms. The molecule has 1 aromatic carbocycles. The van der Waals surface area contributed by atoms with Crippen LogP contribution in [0.1, 0.15) is 24.8 Å². The number of nitrogens with one attached hydrogen (secondary N) is 1. The van der Waals surface area contributed by atoms with E-state index in [-0.39, 0.29) is 0 Å². The van der Waals surface area contributed by atoms with Gasteiger partial charge in [-0.1, -0.05) is 19.1 Å². The zero-order valence-electron chi connectivity index (χ0n) is 8.66. The summed E-state index contributed by atoms with van der Waals surface area (Å²) in [7, 11) is 0. The first kappa shape index (κ1) is 9.53. The second-order valence-electron chi connectivity index (χ2n) is 4.21. The molecule has 0 aliphatic carbocycles. The molecule has 1 aromatic rings. The molecule has 1 aliphatic rings. The molecular formula is C12H18N2. The van der Waals surface area contributed by atoms with Crippen LogP contribution in [0, 0.1) is 5.92 Å². The third-order valence-corrected chi connectivity index (χ3v) is 3.24. The van der Waals surface area contributed by atoms with Gasteiger partial charge in [-0.25, -0.2) is 0 Å². The molecule has 1 heterocycles. The second kappa shape index (κ2) is 4.01. The maximum atomic E-state index is 5.78. The normalized spacial score (nSPS) is 23.6. The molecule has 76 valence electrons. The topological polar surface area (TPSA) is 38.0 Å². The fourth-order valence-electron chi connectivity index (χ4n) is 2.22. The van der Waals surface area contributed by atoms with Crippen molar-refractivity contribution in [2.24, 2.45) is 5.92 Å². The molecule has 3 N–H and O–H groups in total. The molecule has 1 aliphatic heterocycles. The lowest BCUT2D eigenvalue weighted by molar-refractivity contribution is 0.488. The van der Waals surface area contributed by atoms with Crippen molar-refractivity contribution in [3.63, 3.8) is 0 Å². The molecule has 0 aromatic heterocycles. The molecule has 2 atom stereocenters. The number of hydrogen-bond donors (Lipinski definition) is 2. The Kier molecular flexibility index (Phi) is 2.73. The molecular weight excluding hydrogens is 172 g/mol. The van der Waals surface area contributed by atoms with Gasteiger partial charge in [0.2, 0.25) is 0 Å². The van der Waals surface area contributed by atoms with E-state index >= 15 is 0 Å². The summed E-state index contributed by atoms with van der Waals surface area (Å²) in [5, 5.41) is 3.41. The van der Waals surface area contributed by atoms with Crippen molar-refractivity contribution in [3.8, 4) is 0 Å². The van der Waals surface area contributed by atoms with Crippen LogP contribution in [-0.4, -0.2) is 13.1 Å². The Hall–Kier alpha value is -1.02. The first-order valence-electron chi connectivity index (χ1n) is 5.33. The summed E-state index contributed by atoms with van der Waals surface area (Å²) in [5.41, 5.74) is 8.03. The minimum atomic E-state index is 0.619. The van der Waals surface area contributed by atoms with Gasteiger partial charge in [0.1, 0.15) is 0 Å². The standard InChI is InChI=1S/C12H18N2/c1-9(11-5-6-14-8-11)10-3-2-4-12(13)7-10/h2-4,7,9,11,14H,5-6,8,13H2,1H3. The fourth-order valence-corrected chi connectivity index (χ4v) is 2.22. The summed E-state index contributed by atoms with van der Waals surface area (Å²) in [6.45, 7) is 4.61. The van der Waals surface area contributed by atoms with Gasteiger partial charge >= 0.3 is 0 Å². The SMILES string of the molecule is CC(c1cccc(N)c1)C1CCNC1. The van der Waals surface area contributed by atoms with E-state index in [9.17, 15) is 0 Å². The monoisotopic (exact) mass is 190 g/mol. The molecule has 0 amide bonds. The van der Waals surface area contributed by atoms with E-state index in [1.54, 1.807) is 0 Å². The number of rotatable bonds is 2. The average Bonchev–Trinajstić information content (AvgIpc) is 2.69. The van der Waals surface area contributed by atoms with Crippen LogP contribution in [0.15, 0.2) is 24.3 Å². The zero-order valence-corrected chi connectivity index (χ0v) is 8.66. The highest BCUT2D eigenvalue weighted by atomic mass is 14.9. The predicted octanol–water partition coefficient (Wildman–Crippen LogP) is 1.98. The summed E-state index contributed by atoms with van der Waals surface area (Å²) in [6.07, 6.45) is 1.29. The summed E-state index contributed by atoms with van der Waals surface area (Å²) >= 11 is 0. The number of hydrogen-bond acceptors (Lipinski definition) is 2. The van der Waals surface area contributed by atoms with E-state index in [1.807, 2.05) is 12.1 Å². The summed E-state index contributed by atoms with van der Waals surface area (Å²) < 4.78 is 0. The average molecular weight is 190 g/mol. The van der Waals surface area contributed by atoms with Crippen LogP contribution < -0.4 is 11.1 Å². The van der Waals surface area contributed by atoms with Gasteiger partial charge in [-0.3, -0.25) is 0 Å². The molecule has 0 saturated carbocycles. The van der Waals surface area contributed by atoms with Crippen LogP contribution in [-0.2, 0) is 0 Å². The van der Waals surface area contributed by atoms with Crippen molar-refractivity contribution in [1.29, 1.82) is 0 Å². The second-order valence-corrected chi connectivity index (χ2v) is 4.21. The molecule has 2 rings (SSSR count). The Morgan fingerprint density at radius 2 is 2.36 bits per heavy atom. The van der Waals surface area contributed by atoms with E-state index < -0.39 is 0 Å². The smallest absolute Gasteiger partial charge is 0.0316 e. The van der Waals surface area contributed by atoms with Gasteiger partial charge in [-0.05, 0) is 49.0 Å². The third-order valence-electron chi connectivity index (χ3n) is 3.24. The number of nitrogen functional groups attached to an aromatic ring is 1. The first-order chi connectivity index (χ1) is 6.77. The van der Waals surface area contributed by atoms with Crippen LogP contribution in [0.3, 0.4) is 0 Å². The predicted molar refractivity (Wildman–Crippen MR) is 60.2 cm³/mol. The molecule has 2 unspecified atom stereocenters. The van der Waals surface area contributed by atoms with Gasteiger partial charge in [0.15, 0.2) is 0 Å². The molecule has 14 heavy (non-hydrogen) atoms. The van der Waals surface area contributed by atoms with E-state index in [4.69, 9.17) is 5.73 Å². The Labute approximate surface area is 85.5 Å². The Balaban J connectivity index is 2.13. The van der Waals surface area contributed by atoms with E-state index in [1.165, 1.54) is 12.0 Å². The Morgan fingerprint density at radius 3 is 3.00 bits per heavy atom. The molecule has 1 saturated heterocycles. The minimum absolute atomic E-state index is 0.619. The van der Waals surface area contributed by atoms with Crippen LogP contribution >= 0.6 is 0 Å². The summed E-state index contributed by atoms with van der Waals surface area (Å²) in [5.74, 6) is 1.39. The maximum Gasteiger partial charge on any atom is 0.0316 e. The van der Waals surface area contributed by atoms with Gasteiger partial charge in [0.05, 0.1) is 0 Å². The molecule has 0 radical (unpaired) electrons. The van der Waals surface area contributed by atoms with Gasteiger partial charge in [0.25, 0.3) is 0 Å². The van der Waals surface area contributed by atoms with Gasteiger partial charge in [-0.15, -0.1) is 0 Å². The van der Waals surface area contributed by atoms with Crippen molar-refractivity contribution in [2.45, 2.75) is 19.3 Å². The highest BCUT2D eigenvalue weighted by Crippen LogP contribution is 2.29. The fraction of sp³-hybridized carbons (Fsp3) is 0.500. The molecule has 0 spiro atoms. The lowest BCUT2D eigenvalue weighted by Crippen LogP contribution is -2.14. The van der Waals surface area contributed by atoms with Gasteiger partial charge in [-0.2, -0.15) is 0 Å². The molecule has 0 bridgehead atoms. The van der Waals surface area contributed by atoms with E-state index in [0.717, 1.165) is 24.7 Å². The quantitative estimate of drug-likeness (QED) is 0.700. The van der Waals surface area contributed by atoms with Gasteiger partial charge < -0.3 is 11.1 Å². The lowest BCUT2D eigenvalue weighted by Gasteiger charge is -2.18. The van der Waals surface area contributed by atoms with Crippen LogP contribution in [0.4, 0.5) is 5.69 Å². The van der Waals surface area contributed by atoms with E-state index in [0.29, 0.717) is 5.92 Å². The van der Waals surface area contributed by atoms with Crippen LogP contribution in [0.25, 0.3) is 0 Å². The molecule has 2 nitrogen and oxygen atoms in total. The van der Waals surface area contributed by atoms with E-state index in [2.05, 4.69) is 24.4 Å². The largest absolute Gasteiger partial charge is 0.399 e. The van der Waals surface area contributed by atoms with Crippen molar-refractivity contribution in [1.82, 2.24) is 5.32 Å². The number of anilines is 1. The zero-order chi connectivity index (χ0) is 9.97. The van der Waals surface area contributed by atoms with Crippen LogP contribution in [0.5, 0.6) is 0 Å². The number of benzene rings is 1. The summed E-state index contributed by atoms with van der Waals surface area (Å²) in [6, 6.07) is 8.27. The highest BCUT2D eigenvalue weighted by molar-refractivity contribution is 5.41. The molecule has 1 fully saturated rings. The Morgan fingerprint density at radius 1 is 1.50 bits per heavy atom. The Bertz CT molecular complexity index is 303. The third kappa shape index (κ3) is 1.90. The summed E-state index contributed by atoms with van der Waals surface area (Å²) in [4.78, 5) is 0. The van der Waals surface area contributed by atoms with Gasteiger partial charge in [0, 0.05) is 5.69 Å². The maximum absolute atomic E-state index is 5.78. The minimum Gasteiger partial charge on any atom is -0.399 e. The van der Waals surface area contributed by atoms with Crippen molar-refractivity contribution < 1.29 is 0 Å². The van der Waals surface area contributed by atoms with Crippen molar-refractivity contribution in [2.75, 3.05) is 18.8 Å². The van der Waals surface area contributed by atoms with Crippen molar-refractivity contribution >= 4 is 5.69 Å². The van der Waals surface area contributed by atoms with Crippen molar-refractivity contribution in [3.05, 3.63) is 29.8 Å². The lowest BCUT2D eigenvalue weighted by atomic mass is 9.87. The highest BCUT2D eigenvalue weighted by Gasteiger charge is 2.22. The first-order valence-corrected chi connectivity index (χ1v) is 5.33. The number of nitrogens with two attached hydrogens (primary N) is 1.